The molecule has 0 aliphatic rings. The van der Waals surface area contributed by atoms with Crippen LogP contribution in [-0.4, -0.2) is 19.6 Å². The molecule has 0 radical (unpaired) electrons. The number of benzene rings is 1. The zero-order chi connectivity index (χ0) is 15.8. The summed E-state index contributed by atoms with van der Waals surface area (Å²) < 4.78 is 2.01. The van der Waals surface area contributed by atoms with E-state index in [9.17, 15) is 0 Å². The number of hydrogen-bond donors (Lipinski definition) is 1. The summed E-state index contributed by atoms with van der Waals surface area (Å²) >= 11 is 0. The molecule has 114 valence electrons. The third kappa shape index (κ3) is 2.40. The first-order valence-electron chi connectivity index (χ1n) is 7.64. The van der Waals surface area contributed by atoms with Crippen LogP contribution in [0.5, 0.6) is 0 Å². The average Bonchev–Trinajstić information content (AvgIpc) is 2.99. The number of nitrogens with one attached hydrogen (secondary N) is 1. The Balaban J connectivity index is 1.74. The second kappa shape index (κ2) is 5.35. The lowest BCUT2D eigenvalue weighted by Gasteiger charge is -2.15. The molecule has 1 atom stereocenters. The highest BCUT2D eigenvalue weighted by molar-refractivity contribution is 5.91. The minimum atomic E-state index is 0.0264. The van der Waals surface area contributed by atoms with Crippen LogP contribution in [-0.2, 0) is 0 Å². The van der Waals surface area contributed by atoms with Gasteiger partial charge in [0.05, 0.1) is 11.6 Å². The first-order chi connectivity index (χ1) is 11.2. The maximum atomic E-state index is 4.43. The summed E-state index contributed by atoms with van der Waals surface area (Å²) in [5, 5.41) is 13.2. The van der Waals surface area contributed by atoms with Crippen LogP contribution in [0.2, 0.25) is 0 Å². The van der Waals surface area contributed by atoms with Crippen molar-refractivity contribution < 1.29 is 0 Å². The Hall–Kier alpha value is -2.95. The summed E-state index contributed by atoms with van der Waals surface area (Å²) in [4.78, 5) is 4.43. The van der Waals surface area contributed by atoms with Gasteiger partial charge in [0.15, 0.2) is 11.5 Å². The van der Waals surface area contributed by atoms with Gasteiger partial charge in [0.25, 0.3) is 0 Å². The minimum Gasteiger partial charge on any atom is -0.375 e. The number of hydrogen-bond acceptors (Lipinski definition) is 4. The molecule has 0 saturated heterocycles. The smallest absolute Gasteiger partial charge is 0.160 e. The molecular weight excluding hydrogens is 286 g/mol. The molecule has 4 aromatic rings. The fraction of sp³-hybridized carbons (Fsp3) is 0.167. The highest BCUT2D eigenvalue weighted by Gasteiger charge is 2.14. The van der Waals surface area contributed by atoms with E-state index in [4.69, 9.17) is 0 Å². The van der Waals surface area contributed by atoms with Gasteiger partial charge in [0.2, 0.25) is 0 Å². The summed E-state index contributed by atoms with van der Waals surface area (Å²) in [7, 11) is 0. The molecule has 0 aliphatic heterocycles. The molecule has 1 N–H and O–H groups in total. The molecule has 0 bridgehead atoms. The lowest BCUT2D eigenvalue weighted by molar-refractivity contribution is 0.774. The molecule has 0 saturated carbocycles. The van der Waals surface area contributed by atoms with Crippen molar-refractivity contribution in [1.29, 1.82) is 0 Å². The summed E-state index contributed by atoms with van der Waals surface area (Å²) in [5.41, 5.74) is 4.11. The molecule has 3 heterocycles. The quantitative estimate of drug-likeness (QED) is 0.626. The Morgan fingerprint density at radius 1 is 1.09 bits per heavy atom. The fourth-order valence-electron chi connectivity index (χ4n) is 2.84. The molecule has 1 aromatic carbocycles. The molecule has 5 heteroatoms. The van der Waals surface area contributed by atoms with Crippen molar-refractivity contribution in [2.24, 2.45) is 0 Å². The van der Waals surface area contributed by atoms with E-state index in [1.165, 1.54) is 5.56 Å². The Morgan fingerprint density at radius 3 is 2.91 bits per heavy atom. The van der Waals surface area contributed by atoms with Crippen LogP contribution in [0, 0.1) is 6.92 Å². The van der Waals surface area contributed by atoms with Gasteiger partial charge in [-0.25, -0.2) is 0 Å². The van der Waals surface area contributed by atoms with Crippen molar-refractivity contribution >= 4 is 22.2 Å². The van der Waals surface area contributed by atoms with Crippen molar-refractivity contribution in [3.8, 4) is 0 Å². The Bertz CT molecular complexity index is 989. The predicted molar refractivity (Wildman–Crippen MR) is 91.5 cm³/mol. The van der Waals surface area contributed by atoms with Gasteiger partial charge in [-0.3, -0.25) is 9.38 Å². The second-order valence-corrected chi connectivity index (χ2v) is 5.73. The van der Waals surface area contributed by atoms with Gasteiger partial charge in [-0.15, -0.1) is 10.2 Å². The maximum absolute atomic E-state index is 4.43. The first kappa shape index (κ1) is 13.7. The topological polar surface area (TPSA) is 55.1 Å². The molecule has 4 rings (SSSR count). The van der Waals surface area contributed by atoms with Crippen LogP contribution in [0.25, 0.3) is 16.6 Å². The van der Waals surface area contributed by atoms with E-state index in [2.05, 4.69) is 46.5 Å². The van der Waals surface area contributed by atoms with Crippen molar-refractivity contribution in [3.63, 3.8) is 0 Å². The van der Waals surface area contributed by atoms with Crippen LogP contribution in [0.4, 0.5) is 5.69 Å². The van der Waals surface area contributed by atoms with Crippen molar-refractivity contribution in [3.05, 3.63) is 66.2 Å². The highest BCUT2D eigenvalue weighted by atomic mass is 15.3. The number of nitrogens with zero attached hydrogens (tertiary/aromatic N) is 4. The number of aryl methyl sites for hydroxylation is 1. The standard InChI is InChI=1S/C18H17N5/c1-12-6-7-15-14(11-12)16(8-9-19-15)20-13(2)18-22-21-17-5-3-4-10-23(17)18/h3-11,13H,1-2H3,(H,19,20). The van der Waals surface area contributed by atoms with Gasteiger partial charge in [0.1, 0.15) is 0 Å². The van der Waals surface area contributed by atoms with Gasteiger partial charge in [-0.05, 0) is 44.2 Å². The Labute approximate surface area is 134 Å². The van der Waals surface area contributed by atoms with E-state index in [-0.39, 0.29) is 6.04 Å². The van der Waals surface area contributed by atoms with Crippen LogP contribution in [0.15, 0.2) is 54.9 Å². The molecule has 5 nitrogen and oxygen atoms in total. The van der Waals surface area contributed by atoms with Crippen molar-refractivity contribution in [1.82, 2.24) is 19.6 Å². The van der Waals surface area contributed by atoms with Crippen molar-refractivity contribution in [2.45, 2.75) is 19.9 Å². The molecule has 3 aromatic heterocycles. The Kier molecular flexibility index (Phi) is 3.19. The number of pyridine rings is 2. The molecule has 1 unspecified atom stereocenters. The lowest BCUT2D eigenvalue weighted by Crippen LogP contribution is -2.11. The van der Waals surface area contributed by atoms with E-state index >= 15 is 0 Å². The van der Waals surface area contributed by atoms with E-state index in [1.54, 1.807) is 0 Å². The third-order valence-corrected chi connectivity index (χ3v) is 4.00. The predicted octanol–water partition coefficient (Wildman–Crippen LogP) is 3.76. The highest BCUT2D eigenvalue weighted by Crippen LogP contribution is 2.26. The van der Waals surface area contributed by atoms with E-state index in [0.717, 1.165) is 28.1 Å². The SMILES string of the molecule is Cc1ccc2nccc(NC(C)c3nnc4ccccn34)c2c1. The molecule has 0 spiro atoms. The molecule has 0 aliphatic carbocycles. The van der Waals surface area contributed by atoms with Crippen LogP contribution in [0.1, 0.15) is 24.4 Å². The number of fused-ring (bicyclic) bond motifs is 2. The zero-order valence-corrected chi connectivity index (χ0v) is 13.1. The number of aromatic nitrogens is 4. The monoisotopic (exact) mass is 303 g/mol. The Morgan fingerprint density at radius 2 is 2.00 bits per heavy atom. The van der Waals surface area contributed by atoms with E-state index in [1.807, 2.05) is 47.1 Å². The van der Waals surface area contributed by atoms with Gasteiger partial charge >= 0.3 is 0 Å². The number of anilines is 1. The molecule has 23 heavy (non-hydrogen) atoms. The summed E-state index contributed by atoms with van der Waals surface area (Å²) in [6.45, 7) is 4.18. The third-order valence-electron chi connectivity index (χ3n) is 4.00. The molecule has 0 amide bonds. The zero-order valence-electron chi connectivity index (χ0n) is 13.1. The second-order valence-electron chi connectivity index (χ2n) is 5.73. The van der Waals surface area contributed by atoms with Crippen LogP contribution < -0.4 is 5.32 Å². The van der Waals surface area contributed by atoms with Gasteiger partial charge < -0.3 is 5.32 Å². The maximum Gasteiger partial charge on any atom is 0.160 e. The van der Waals surface area contributed by atoms with E-state index < -0.39 is 0 Å². The lowest BCUT2D eigenvalue weighted by atomic mass is 10.1. The van der Waals surface area contributed by atoms with Crippen LogP contribution >= 0.6 is 0 Å². The van der Waals surface area contributed by atoms with Crippen LogP contribution in [0.3, 0.4) is 0 Å². The van der Waals surface area contributed by atoms with E-state index in [0.29, 0.717) is 0 Å². The minimum absolute atomic E-state index is 0.0264. The largest absolute Gasteiger partial charge is 0.375 e. The first-order valence-corrected chi connectivity index (χ1v) is 7.64. The summed E-state index contributed by atoms with van der Waals surface area (Å²) in [6, 6.07) is 14.2. The van der Waals surface area contributed by atoms with Gasteiger partial charge in [-0.2, -0.15) is 0 Å². The fourth-order valence-corrected chi connectivity index (χ4v) is 2.84. The summed E-state index contributed by atoms with van der Waals surface area (Å²) in [6.07, 6.45) is 3.81. The average molecular weight is 303 g/mol. The molecular formula is C18H17N5. The van der Waals surface area contributed by atoms with Gasteiger partial charge in [-0.1, -0.05) is 17.7 Å². The normalized spacial score (nSPS) is 12.6. The number of rotatable bonds is 3. The van der Waals surface area contributed by atoms with Gasteiger partial charge in [0, 0.05) is 23.5 Å². The summed E-state index contributed by atoms with van der Waals surface area (Å²) in [5.74, 6) is 0.887. The van der Waals surface area contributed by atoms with Crippen molar-refractivity contribution in [2.75, 3.05) is 5.32 Å². The molecule has 0 fully saturated rings.